The number of carboxylic acids is 1. The Morgan fingerprint density at radius 1 is 1.33 bits per heavy atom. The third-order valence-corrected chi connectivity index (χ3v) is 3.08. The summed E-state index contributed by atoms with van der Waals surface area (Å²) in [5.74, 6) is -1.06. The van der Waals surface area contributed by atoms with Crippen LogP contribution in [0.3, 0.4) is 0 Å². The van der Waals surface area contributed by atoms with E-state index in [1.807, 2.05) is 0 Å². The second-order valence-corrected chi connectivity index (χ2v) is 5.23. The van der Waals surface area contributed by atoms with Gasteiger partial charge >= 0.3 is 5.97 Å². The van der Waals surface area contributed by atoms with Gasteiger partial charge in [-0.2, -0.15) is 8.42 Å². The van der Waals surface area contributed by atoms with Crippen molar-refractivity contribution in [2.45, 2.75) is 6.92 Å². The highest BCUT2D eigenvalue weighted by Gasteiger charge is 2.06. The average Bonchev–Trinajstić information content (AvgIpc) is 2.25. The van der Waals surface area contributed by atoms with Gasteiger partial charge in [-0.05, 0) is 36.3 Å². The number of hydrogen-bond acceptors (Lipinski definition) is 3. The normalized spacial score (nSPS) is 11.7. The summed E-state index contributed by atoms with van der Waals surface area (Å²) >= 11 is 0. The van der Waals surface area contributed by atoms with Crippen molar-refractivity contribution in [3.8, 4) is 0 Å². The molecule has 0 saturated heterocycles. The van der Waals surface area contributed by atoms with E-state index in [9.17, 15) is 13.2 Å². The lowest BCUT2D eigenvalue weighted by Gasteiger charge is -2.08. The summed E-state index contributed by atoms with van der Waals surface area (Å²) < 4.78 is 27.1. The van der Waals surface area contributed by atoms with E-state index in [1.165, 1.54) is 13.1 Å². The highest BCUT2D eigenvalue weighted by atomic mass is 32.2. The summed E-state index contributed by atoms with van der Waals surface area (Å²) in [6.07, 6.45) is 2.39. The van der Waals surface area contributed by atoms with Crippen LogP contribution in [0.5, 0.6) is 0 Å². The Bertz CT molecular complexity index is 579. The molecule has 6 nitrogen and oxygen atoms in total. The molecule has 0 fully saturated rings. The van der Waals surface area contributed by atoms with E-state index in [1.54, 1.807) is 25.1 Å². The van der Waals surface area contributed by atoms with Crippen LogP contribution in [0.1, 0.15) is 11.1 Å². The minimum absolute atomic E-state index is 0.370. The molecule has 0 saturated carbocycles. The summed E-state index contributed by atoms with van der Waals surface area (Å²) in [6, 6.07) is 4.94. The maximum absolute atomic E-state index is 11.3. The van der Waals surface area contributed by atoms with Crippen molar-refractivity contribution in [3.63, 3.8) is 0 Å². The standard InChI is InChI=1S/C11H14N2O4S/c1-8-5-9(3-4-11(14)15)7-10(6-8)13-18(16,17)12-2/h3-7,12-13H,1-2H3,(H,14,15)/b4-3+. The number of carbonyl (C=O) groups is 1. The Morgan fingerprint density at radius 3 is 2.56 bits per heavy atom. The number of nitrogens with one attached hydrogen (secondary N) is 2. The summed E-state index contributed by atoms with van der Waals surface area (Å²) in [5.41, 5.74) is 1.79. The van der Waals surface area contributed by atoms with Crippen molar-refractivity contribution in [1.82, 2.24) is 4.72 Å². The van der Waals surface area contributed by atoms with Crippen molar-refractivity contribution >= 4 is 27.9 Å². The first-order valence-corrected chi connectivity index (χ1v) is 6.55. The van der Waals surface area contributed by atoms with Crippen LogP contribution in [-0.4, -0.2) is 26.5 Å². The number of hydrogen-bond donors (Lipinski definition) is 3. The number of aryl methyl sites for hydroxylation is 1. The van der Waals surface area contributed by atoms with Gasteiger partial charge in [-0.25, -0.2) is 9.52 Å². The van der Waals surface area contributed by atoms with Gasteiger partial charge in [0.05, 0.1) is 5.69 Å². The van der Waals surface area contributed by atoms with Crippen LogP contribution >= 0.6 is 0 Å². The quantitative estimate of drug-likeness (QED) is 0.695. The van der Waals surface area contributed by atoms with Crippen LogP contribution < -0.4 is 9.44 Å². The summed E-state index contributed by atoms with van der Waals surface area (Å²) in [6.45, 7) is 1.79. The van der Waals surface area contributed by atoms with Gasteiger partial charge in [0.2, 0.25) is 0 Å². The molecule has 1 aromatic carbocycles. The maximum atomic E-state index is 11.3. The molecule has 1 rings (SSSR count). The van der Waals surface area contributed by atoms with Gasteiger partial charge in [-0.1, -0.05) is 6.07 Å². The Kier molecular flexibility index (Phi) is 4.46. The van der Waals surface area contributed by atoms with Crippen molar-refractivity contribution in [2.75, 3.05) is 11.8 Å². The van der Waals surface area contributed by atoms with Crippen LogP contribution in [0.25, 0.3) is 6.08 Å². The van der Waals surface area contributed by atoms with Crippen molar-refractivity contribution in [2.24, 2.45) is 0 Å². The maximum Gasteiger partial charge on any atom is 0.328 e. The molecule has 7 heteroatoms. The van der Waals surface area contributed by atoms with E-state index in [0.29, 0.717) is 11.3 Å². The molecule has 0 aliphatic rings. The lowest BCUT2D eigenvalue weighted by molar-refractivity contribution is -0.131. The zero-order chi connectivity index (χ0) is 13.8. The van der Waals surface area contributed by atoms with Crippen LogP contribution in [-0.2, 0) is 15.0 Å². The van der Waals surface area contributed by atoms with Crippen LogP contribution in [0.2, 0.25) is 0 Å². The van der Waals surface area contributed by atoms with Gasteiger partial charge in [0, 0.05) is 13.1 Å². The van der Waals surface area contributed by atoms with Gasteiger partial charge < -0.3 is 5.11 Å². The monoisotopic (exact) mass is 270 g/mol. The fourth-order valence-electron chi connectivity index (χ4n) is 1.34. The van der Waals surface area contributed by atoms with E-state index in [2.05, 4.69) is 9.44 Å². The van der Waals surface area contributed by atoms with Gasteiger partial charge in [0.1, 0.15) is 0 Å². The first kappa shape index (κ1) is 14.2. The molecule has 3 N–H and O–H groups in total. The average molecular weight is 270 g/mol. The first-order valence-electron chi connectivity index (χ1n) is 5.06. The van der Waals surface area contributed by atoms with E-state index < -0.39 is 16.2 Å². The minimum Gasteiger partial charge on any atom is -0.478 e. The molecule has 0 atom stereocenters. The molecule has 98 valence electrons. The number of benzene rings is 1. The van der Waals surface area contributed by atoms with Crippen molar-refractivity contribution in [3.05, 3.63) is 35.4 Å². The second-order valence-electron chi connectivity index (χ2n) is 3.61. The minimum atomic E-state index is -3.58. The summed E-state index contributed by atoms with van der Waals surface area (Å²) in [4.78, 5) is 10.4. The lowest BCUT2D eigenvalue weighted by Crippen LogP contribution is -2.26. The van der Waals surface area contributed by atoms with Crippen molar-refractivity contribution < 1.29 is 18.3 Å². The summed E-state index contributed by atoms with van der Waals surface area (Å²) in [7, 11) is -2.28. The van der Waals surface area contributed by atoms with Gasteiger partial charge in [0.25, 0.3) is 10.2 Å². The molecule has 18 heavy (non-hydrogen) atoms. The molecule has 0 radical (unpaired) electrons. The van der Waals surface area contributed by atoms with E-state index in [-0.39, 0.29) is 0 Å². The molecule has 0 aliphatic heterocycles. The number of aliphatic carboxylic acids is 1. The van der Waals surface area contributed by atoms with E-state index in [0.717, 1.165) is 11.6 Å². The fourth-order valence-corrected chi connectivity index (χ4v) is 1.87. The Labute approximate surface area is 106 Å². The van der Waals surface area contributed by atoms with Crippen molar-refractivity contribution in [1.29, 1.82) is 0 Å². The SMILES string of the molecule is CNS(=O)(=O)Nc1cc(C)cc(/C=C/C(=O)O)c1. The van der Waals surface area contributed by atoms with Gasteiger partial charge in [-0.15, -0.1) is 0 Å². The Balaban J connectivity index is 3.05. The highest BCUT2D eigenvalue weighted by molar-refractivity contribution is 7.90. The number of rotatable bonds is 5. The molecule has 0 unspecified atom stereocenters. The molecule has 0 heterocycles. The molecule has 1 aromatic rings. The largest absolute Gasteiger partial charge is 0.478 e. The molecule has 0 aliphatic carbocycles. The van der Waals surface area contributed by atoms with Gasteiger partial charge in [-0.3, -0.25) is 4.72 Å². The molecule has 0 spiro atoms. The Morgan fingerprint density at radius 2 is 2.00 bits per heavy atom. The van der Waals surface area contributed by atoms with Gasteiger partial charge in [0.15, 0.2) is 0 Å². The molecular formula is C11H14N2O4S. The predicted octanol–water partition coefficient (Wildman–Crippen LogP) is 0.969. The van der Waals surface area contributed by atoms with Crippen LogP contribution in [0.4, 0.5) is 5.69 Å². The third-order valence-electron chi connectivity index (χ3n) is 2.04. The molecule has 0 aromatic heterocycles. The second kappa shape index (κ2) is 5.65. The lowest BCUT2D eigenvalue weighted by atomic mass is 10.1. The van der Waals surface area contributed by atoms with E-state index in [4.69, 9.17) is 5.11 Å². The Hall–Kier alpha value is -1.86. The topological polar surface area (TPSA) is 95.5 Å². The molecular weight excluding hydrogens is 256 g/mol. The van der Waals surface area contributed by atoms with Crippen LogP contribution in [0.15, 0.2) is 24.3 Å². The first-order chi connectivity index (χ1) is 8.32. The van der Waals surface area contributed by atoms with E-state index >= 15 is 0 Å². The number of anilines is 1. The molecule has 0 amide bonds. The fraction of sp³-hybridized carbons (Fsp3) is 0.182. The summed E-state index contributed by atoms with van der Waals surface area (Å²) in [5, 5.41) is 8.53. The molecule has 0 bridgehead atoms. The number of carboxylic acid groups (broad SMARTS) is 1. The predicted molar refractivity (Wildman–Crippen MR) is 69.5 cm³/mol. The third kappa shape index (κ3) is 4.56. The highest BCUT2D eigenvalue weighted by Crippen LogP contribution is 2.16. The smallest absolute Gasteiger partial charge is 0.328 e. The zero-order valence-corrected chi connectivity index (χ0v) is 10.8. The van der Waals surface area contributed by atoms with Crippen LogP contribution in [0, 0.1) is 6.92 Å². The zero-order valence-electron chi connectivity index (χ0n) is 9.97.